The summed E-state index contributed by atoms with van der Waals surface area (Å²) in [6, 6.07) is 10.5. The number of aryl methyl sites for hydroxylation is 1. The van der Waals surface area contributed by atoms with E-state index < -0.39 is 0 Å². The fourth-order valence-corrected chi connectivity index (χ4v) is 2.42. The van der Waals surface area contributed by atoms with Crippen LogP contribution in [0.3, 0.4) is 0 Å². The predicted molar refractivity (Wildman–Crippen MR) is 82.8 cm³/mol. The molecule has 0 spiro atoms. The Bertz CT molecular complexity index is 734. The summed E-state index contributed by atoms with van der Waals surface area (Å²) in [7, 11) is 2.13. The first kappa shape index (κ1) is 13.7. The van der Waals surface area contributed by atoms with Gasteiger partial charge in [0.1, 0.15) is 12.2 Å². The normalized spacial score (nSPS) is 11.4. The molecular weight excluding hydrogens is 262 g/mol. The minimum absolute atomic E-state index is 0.907. The summed E-state index contributed by atoms with van der Waals surface area (Å²) in [4.78, 5) is 6.65. The molecule has 2 aromatic heterocycles. The molecule has 5 nitrogen and oxygen atoms in total. The molecule has 0 amide bonds. The number of likely N-dealkylation sites (N-methyl/N-ethyl adjacent to an activating group) is 1. The third kappa shape index (κ3) is 3.25. The number of benzene rings is 1. The molecule has 0 aliphatic heterocycles. The van der Waals surface area contributed by atoms with Gasteiger partial charge in [0.05, 0.1) is 5.52 Å². The van der Waals surface area contributed by atoms with Gasteiger partial charge >= 0.3 is 0 Å². The number of hydrogen-bond donors (Lipinski definition) is 0. The van der Waals surface area contributed by atoms with Crippen LogP contribution >= 0.6 is 0 Å². The molecular formula is C16H19N5. The van der Waals surface area contributed by atoms with E-state index in [-0.39, 0.29) is 0 Å². The van der Waals surface area contributed by atoms with Crippen LogP contribution in [0.1, 0.15) is 11.4 Å². The Hall–Kier alpha value is -2.27. The number of fused-ring (bicyclic) bond motifs is 1. The topological polar surface area (TPSA) is 46.8 Å². The molecule has 108 valence electrons. The van der Waals surface area contributed by atoms with E-state index in [4.69, 9.17) is 0 Å². The average Bonchev–Trinajstić information content (AvgIpc) is 2.90. The Balaban J connectivity index is 1.63. The number of aromatic nitrogens is 4. The van der Waals surface area contributed by atoms with E-state index in [1.54, 1.807) is 6.33 Å². The summed E-state index contributed by atoms with van der Waals surface area (Å²) >= 11 is 0. The lowest BCUT2D eigenvalue weighted by atomic mass is 10.1. The molecule has 0 radical (unpaired) electrons. The molecule has 0 fully saturated rings. The second kappa shape index (κ2) is 6.01. The summed E-state index contributed by atoms with van der Waals surface area (Å²) in [6.07, 6.45) is 3.61. The smallest absolute Gasteiger partial charge is 0.129 e. The molecule has 0 bridgehead atoms. The van der Waals surface area contributed by atoms with E-state index in [0.717, 1.165) is 31.0 Å². The number of hydrogen-bond acceptors (Lipinski definition) is 4. The Morgan fingerprint density at radius 2 is 2.14 bits per heavy atom. The van der Waals surface area contributed by atoms with Crippen molar-refractivity contribution in [3.05, 3.63) is 54.2 Å². The van der Waals surface area contributed by atoms with Crippen LogP contribution < -0.4 is 0 Å². The van der Waals surface area contributed by atoms with Gasteiger partial charge in [0.15, 0.2) is 0 Å². The molecule has 3 rings (SSSR count). The Morgan fingerprint density at radius 1 is 1.24 bits per heavy atom. The predicted octanol–water partition coefficient (Wildman–Crippen LogP) is 2.27. The van der Waals surface area contributed by atoms with Crippen molar-refractivity contribution in [1.29, 1.82) is 0 Å². The summed E-state index contributed by atoms with van der Waals surface area (Å²) < 4.78 is 2.07. The van der Waals surface area contributed by atoms with Crippen LogP contribution in [0.2, 0.25) is 0 Å². The number of nitrogens with zero attached hydrogens (tertiary/aromatic N) is 5. The van der Waals surface area contributed by atoms with E-state index in [9.17, 15) is 0 Å². The summed E-state index contributed by atoms with van der Waals surface area (Å²) in [6.45, 7) is 4.77. The molecule has 0 saturated heterocycles. The molecule has 21 heavy (non-hydrogen) atoms. The van der Waals surface area contributed by atoms with Crippen molar-refractivity contribution < 1.29 is 0 Å². The lowest BCUT2D eigenvalue weighted by molar-refractivity contribution is 0.310. The molecule has 0 aliphatic carbocycles. The van der Waals surface area contributed by atoms with Gasteiger partial charge in [-0.3, -0.25) is 4.98 Å². The minimum atomic E-state index is 0.907. The molecule has 5 heteroatoms. The van der Waals surface area contributed by atoms with Crippen LogP contribution in [0.5, 0.6) is 0 Å². The molecule has 0 atom stereocenters. The van der Waals surface area contributed by atoms with Crippen LogP contribution in [0.25, 0.3) is 10.9 Å². The van der Waals surface area contributed by atoms with Crippen molar-refractivity contribution in [1.82, 2.24) is 24.6 Å². The second-order valence-corrected chi connectivity index (χ2v) is 5.34. The zero-order valence-electron chi connectivity index (χ0n) is 12.4. The van der Waals surface area contributed by atoms with Gasteiger partial charge in [0.2, 0.25) is 0 Å². The third-order valence-corrected chi connectivity index (χ3v) is 3.65. The monoisotopic (exact) mass is 281 g/mol. The first-order valence-corrected chi connectivity index (χ1v) is 7.09. The highest BCUT2D eigenvalue weighted by Gasteiger charge is 2.04. The van der Waals surface area contributed by atoms with Crippen LogP contribution in [0, 0.1) is 6.92 Å². The second-order valence-electron chi connectivity index (χ2n) is 5.34. The van der Waals surface area contributed by atoms with Gasteiger partial charge in [-0.05, 0) is 37.7 Å². The van der Waals surface area contributed by atoms with E-state index in [1.165, 1.54) is 10.9 Å². The Morgan fingerprint density at radius 3 is 2.95 bits per heavy atom. The van der Waals surface area contributed by atoms with Crippen molar-refractivity contribution in [3.8, 4) is 0 Å². The highest BCUT2D eigenvalue weighted by Crippen LogP contribution is 2.14. The van der Waals surface area contributed by atoms with E-state index in [2.05, 4.69) is 56.0 Å². The van der Waals surface area contributed by atoms with Crippen LogP contribution in [-0.4, -0.2) is 38.2 Å². The molecule has 1 aromatic carbocycles. The lowest BCUT2D eigenvalue weighted by Gasteiger charge is -2.17. The molecule has 0 unspecified atom stereocenters. The Kier molecular flexibility index (Phi) is 3.92. The Labute approximate surface area is 124 Å². The van der Waals surface area contributed by atoms with Gasteiger partial charge in [-0.2, -0.15) is 0 Å². The van der Waals surface area contributed by atoms with Gasteiger partial charge in [0, 0.05) is 31.2 Å². The van der Waals surface area contributed by atoms with Crippen molar-refractivity contribution in [2.24, 2.45) is 0 Å². The van der Waals surface area contributed by atoms with Gasteiger partial charge in [-0.1, -0.05) is 12.1 Å². The van der Waals surface area contributed by atoms with Crippen molar-refractivity contribution >= 4 is 10.9 Å². The van der Waals surface area contributed by atoms with Crippen LogP contribution in [0.4, 0.5) is 0 Å². The van der Waals surface area contributed by atoms with Gasteiger partial charge in [0.25, 0.3) is 0 Å². The molecule has 0 aliphatic rings. The molecule has 2 heterocycles. The SMILES string of the molecule is Cc1nncn1CCN(C)Cc1ccc2ncccc2c1. The van der Waals surface area contributed by atoms with Crippen LogP contribution in [-0.2, 0) is 13.1 Å². The summed E-state index contributed by atoms with van der Waals surface area (Å²) in [5.41, 5.74) is 2.35. The van der Waals surface area contributed by atoms with Gasteiger partial charge < -0.3 is 9.47 Å². The summed E-state index contributed by atoms with van der Waals surface area (Å²) in [5.74, 6) is 0.958. The highest BCUT2D eigenvalue weighted by atomic mass is 15.3. The molecule has 0 saturated carbocycles. The number of pyridine rings is 1. The first-order valence-electron chi connectivity index (χ1n) is 7.09. The maximum Gasteiger partial charge on any atom is 0.129 e. The maximum absolute atomic E-state index is 4.35. The fourth-order valence-electron chi connectivity index (χ4n) is 2.42. The molecule has 0 N–H and O–H groups in total. The van der Waals surface area contributed by atoms with E-state index in [1.807, 2.05) is 19.2 Å². The van der Waals surface area contributed by atoms with Crippen LogP contribution in [0.15, 0.2) is 42.9 Å². The average molecular weight is 281 g/mol. The van der Waals surface area contributed by atoms with E-state index in [0.29, 0.717) is 0 Å². The maximum atomic E-state index is 4.35. The van der Waals surface area contributed by atoms with Crippen molar-refractivity contribution in [2.75, 3.05) is 13.6 Å². The fraction of sp³-hybridized carbons (Fsp3) is 0.312. The quantitative estimate of drug-likeness (QED) is 0.720. The zero-order valence-corrected chi connectivity index (χ0v) is 12.4. The summed E-state index contributed by atoms with van der Waals surface area (Å²) in [5, 5.41) is 9.10. The zero-order chi connectivity index (χ0) is 14.7. The van der Waals surface area contributed by atoms with Crippen molar-refractivity contribution in [3.63, 3.8) is 0 Å². The minimum Gasteiger partial charge on any atom is -0.317 e. The van der Waals surface area contributed by atoms with E-state index >= 15 is 0 Å². The largest absolute Gasteiger partial charge is 0.317 e. The number of rotatable bonds is 5. The third-order valence-electron chi connectivity index (χ3n) is 3.65. The van der Waals surface area contributed by atoms with Gasteiger partial charge in [-0.15, -0.1) is 10.2 Å². The highest BCUT2D eigenvalue weighted by molar-refractivity contribution is 5.78. The standard InChI is InChI=1S/C16H19N5/c1-13-19-18-12-21(13)9-8-20(2)11-14-5-6-16-15(10-14)4-3-7-17-16/h3-7,10,12H,8-9,11H2,1-2H3. The van der Waals surface area contributed by atoms with Gasteiger partial charge in [-0.25, -0.2) is 0 Å². The molecule has 3 aromatic rings. The van der Waals surface area contributed by atoms with Crippen molar-refractivity contribution in [2.45, 2.75) is 20.0 Å². The first-order chi connectivity index (χ1) is 10.2. The lowest BCUT2D eigenvalue weighted by Crippen LogP contribution is -2.23.